The van der Waals surface area contributed by atoms with Gasteiger partial charge in [-0.15, -0.1) is 12.4 Å². The normalized spacial score (nSPS) is 9.24. The Labute approximate surface area is 107 Å². The maximum Gasteiger partial charge on any atom is 0.337 e. The fourth-order valence-electron chi connectivity index (χ4n) is 1.57. The van der Waals surface area contributed by atoms with Crippen molar-refractivity contribution in [3.8, 4) is 11.1 Å². The van der Waals surface area contributed by atoms with Gasteiger partial charge in [0.05, 0.1) is 12.7 Å². The molecule has 2 nitrogen and oxygen atoms in total. The topological polar surface area (TPSA) is 26.3 Å². The maximum absolute atomic E-state index is 11.4. The van der Waals surface area contributed by atoms with Gasteiger partial charge in [-0.2, -0.15) is 0 Å². The molecule has 0 aliphatic rings. The Balaban J connectivity index is 0.00000144. The van der Waals surface area contributed by atoms with Crippen LogP contribution in [-0.4, -0.2) is 13.1 Å². The van der Waals surface area contributed by atoms with Crippen LogP contribution in [0.2, 0.25) is 0 Å². The first-order chi connectivity index (χ1) is 7.81. The van der Waals surface area contributed by atoms with Crippen molar-refractivity contribution in [2.75, 3.05) is 7.11 Å². The number of carbonyl (C=O) groups is 1. The molecule has 2 aromatic rings. The van der Waals surface area contributed by atoms with Gasteiger partial charge in [0.1, 0.15) is 0 Å². The fourth-order valence-corrected chi connectivity index (χ4v) is 1.57. The van der Waals surface area contributed by atoms with Crippen molar-refractivity contribution in [2.24, 2.45) is 0 Å². The SMILES string of the molecule is COC(=O)c1cccc(-c2ccccc2)c1.Cl. The van der Waals surface area contributed by atoms with Crippen LogP contribution in [0, 0.1) is 0 Å². The van der Waals surface area contributed by atoms with Crippen LogP contribution in [0.3, 0.4) is 0 Å². The number of hydrogen-bond donors (Lipinski definition) is 0. The van der Waals surface area contributed by atoms with Crippen molar-refractivity contribution in [2.45, 2.75) is 0 Å². The largest absolute Gasteiger partial charge is 0.465 e. The molecule has 0 saturated carbocycles. The Bertz CT molecular complexity index is 495. The van der Waals surface area contributed by atoms with Gasteiger partial charge in [-0.3, -0.25) is 0 Å². The number of hydrogen-bond acceptors (Lipinski definition) is 2. The Morgan fingerprint density at radius 1 is 0.941 bits per heavy atom. The molecular weight excluding hydrogens is 236 g/mol. The first-order valence-corrected chi connectivity index (χ1v) is 5.05. The van der Waals surface area contributed by atoms with Crippen LogP contribution in [0.1, 0.15) is 10.4 Å². The van der Waals surface area contributed by atoms with E-state index in [0.29, 0.717) is 5.56 Å². The van der Waals surface area contributed by atoms with Crippen LogP contribution >= 0.6 is 12.4 Å². The van der Waals surface area contributed by atoms with Crippen molar-refractivity contribution >= 4 is 18.4 Å². The Morgan fingerprint density at radius 2 is 1.59 bits per heavy atom. The zero-order valence-electron chi connectivity index (χ0n) is 9.42. The summed E-state index contributed by atoms with van der Waals surface area (Å²) in [6.45, 7) is 0. The highest BCUT2D eigenvalue weighted by atomic mass is 35.5. The minimum Gasteiger partial charge on any atom is -0.465 e. The lowest BCUT2D eigenvalue weighted by Gasteiger charge is -2.03. The summed E-state index contributed by atoms with van der Waals surface area (Å²) in [7, 11) is 1.39. The van der Waals surface area contributed by atoms with E-state index in [4.69, 9.17) is 0 Å². The predicted octanol–water partition coefficient (Wildman–Crippen LogP) is 3.56. The zero-order valence-corrected chi connectivity index (χ0v) is 10.2. The third kappa shape index (κ3) is 3.08. The first kappa shape index (κ1) is 13.3. The average Bonchev–Trinajstić information content (AvgIpc) is 2.39. The lowest BCUT2D eigenvalue weighted by atomic mass is 10.0. The molecule has 0 spiro atoms. The lowest BCUT2D eigenvalue weighted by molar-refractivity contribution is 0.0601. The average molecular weight is 249 g/mol. The van der Waals surface area contributed by atoms with Gasteiger partial charge in [0.2, 0.25) is 0 Å². The molecule has 0 aliphatic carbocycles. The number of rotatable bonds is 2. The highest BCUT2D eigenvalue weighted by molar-refractivity contribution is 5.90. The minimum absolute atomic E-state index is 0. The zero-order chi connectivity index (χ0) is 11.4. The van der Waals surface area contributed by atoms with Gasteiger partial charge < -0.3 is 4.74 Å². The van der Waals surface area contributed by atoms with Crippen LogP contribution < -0.4 is 0 Å². The highest BCUT2D eigenvalue weighted by Crippen LogP contribution is 2.20. The van der Waals surface area contributed by atoms with Gasteiger partial charge in [-0.1, -0.05) is 42.5 Å². The molecule has 0 N–H and O–H groups in total. The molecule has 0 saturated heterocycles. The predicted molar refractivity (Wildman–Crippen MR) is 70.5 cm³/mol. The summed E-state index contributed by atoms with van der Waals surface area (Å²) in [4.78, 5) is 11.4. The molecule has 0 radical (unpaired) electrons. The summed E-state index contributed by atoms with van der Waals surface area (Å²) in [5.74, 6) is -0.308. The number of esters is 1. The highest BCUT2D eigenvalue weighted by Gasteiger charge is 2.05. The third-order valence-corrected chi connectivity index (χ3v) is 2.39. The van der Waals surface area contributed by atoms with Gasteiger partial charge >= 0.3 is 5.97 Å². The number of halogens is 1. The molecule has 0 atom stereocenters. The van der Waals surface area contributed by atoms with Crippen LogP contribution in [-0.2, 0) is 4.74 Å². The van der Waals surface area contributed by atoms with E-state index in [0.717, 1.165) is 11.1 Å². The quantitative estimate of drug-likeness (QED) is 0.760. The molecule has 0 amide bonds. The van der Waals surface area contributed by atoms with Gasteiger partial charge in [0.15, 0.2) is 0 Å². The molecule has 0 aromatic heterocycles. The molecule has 2 aromatic carbocycles. The standard InChI is InChI=1S/C14H12O2.ClH/c1-16-14(15)13-9-5-8-12(10-13)11-6-3-2-4-7-11;/h2-10H,1H3;1H. The molecule has 0 bridgehead atoms. The minimum atomic E-state index is -0.308. The molecule has 0 unspecified atom stereocenters. The van der Waals surface area contributed by atoms with Gasteiger partial charge in [-0.05, 0) is 23.3 Å². The van der Waals surface area contributed by atoms with Gasteiger partial charge in [0, 0.05) is 0 Å². The van der Waals surface area contributed by atoms with Crippen LogP contribution in [0.5, 0.6) is 0 Å². The van der Waals surface area contributed by atoms with Gasteiger partial charge in [0.25, 0.3) is 0 Å². The second kappa shape index (κ2) is 6.06. The second-order valence-electron chi connectivity index (χ2n) is 3.44. The lowest BCUT2D eigenvalue weighted by Crippen LogP contribution is -2.00. The van der Waals surface area contributed by atoms with Gasteiger partial charge in [-0.25, -0.2) is 4.79 Å². The van der Waals surface area contributed by atoms with E-state index in [1.165, 1.54) is 7.11 Å². The molecule has 0 aliphatic heterocycles. The van der Waals surface area contributed by atoms with E-state index < -0.39 is 0 Å². The van der Waals surface area contributed by atoms with E-state index in [2.05, 4.69) is 4.74 Å². The summed E-state index contributed by atoms with van der Waals surface area (Å²) < 4.78 is 4.69. The summed E-state index contributed by atoms with van der Waals surface area (Å²) >= 11 is 0. The first-order valence-electron chi connectivity index (χ1n) is 5.05. The van der Waals surface area contributed by atoms with Crippen molar-refractivity contribution in [3.05, 3.63) is 60.2 Å². The summed E-state index contributed by atoms with van der Waals surface area (Å²) in [6, 6.07) is 17.3. The van der Waals surface area contributed by atoms with Crippen molar-refractivity contribution in [1.82, 2.24) is 0 Å². The molecule has 88 valence electrons. The Morgan fingerprint density at radius 3 is 2.24 bits per heavy atom. The van der Waals surface area contributed by atoms with Crippen molar-refractivity contribution in [1.29, 1.82) is 0 Å². The summed E-state index contributed by atoms with van der Waals surface area (Å²) in [5.41, 5.74) is 2.68. The molecule has 0 heterocycles. The summed E-state index contributed by atoms with van der Waals surface area (Å²) in [6.07, 6.45) is 0. The Hall–Kier alpha value is -1.80. The van der Waals surface area contributed by atoms with E-state index in [1.807, 2.05) is 48.5 Å². The fraction of sp³-hybridized carbons (Fsp3) is 0.0714. The number of ether oxygens (including phenoxy) is 1. The molecule has 0 fully saturated rings. The van der Waals surface area contributed by atoms with E-state index >= 15 is 0 Å². The third-order valence-electron chi connectivity index (χ3n) is 2.39. The molecule has 3 heteroatoms. The monoisotopic (exact) mass is 248 g/mol. The van der Waals surface area contributed by atoms with E-state index in [1.54, 1.807) is 6.07 Å². The van der Waals surface area contributed by atoms with Crippen LogP contribution in [0.25, 0.3) is 11.1 Å². The second-order valence-corrected chi connectivity index (χ2v) is 3.44. The summed E-state index contributed by atoms with van der Waals surface area (Å²) in [5, 5.41) is 0. The molecular formula is C14H13ClO2. The number of methoxy groups -OCH3 is 1. The number of carbonyl (C=O) groups excluding carboxylic acids is 1. The maximum atomic E-state index is 11.4. The Kier molecular flexibility index (Phi) is 4.73. The van der Waals surface area contributed by atoms with E-state index in [-0.39, 0.29) is 18.4 Å². The number of benzene rings is 2. The van der Waals surface area contributed by atoms with Crippen molar-refractivity contribution in [3.63, 3.8) is 0 Å². The van der Waals surface area contributed by atoms with Crippen molar-refractivity contribution < 1.29 is 9.53 Å². The molecule has 17 heavy (non-hydrogen) atoms. The smallest absolute Gasteiger partial charge is 0.337 e. The van der Waals surface area contributed by atoms with Crippen LogP contribution in [0.15, 0.2) is 54.6 Å². The molecule has 2 rings (SSSR count). The van der Waals surface area contributed by atoms with E-state index in [9.17, 15) is 4.79 Å². The van der Waals surface area contributed by atoms with Crippen LogP contribution in [0.4, 0.5) is 0 Å².